The quantitative estimate of drug-likeness (QED) is 0.539. The van der Waals surface area contributed by atoms with Gasteiger partial charge in [-0.05, 0) is 63.2 Å². The van der Waals surface area contributed by atoms with Crippen molar-refractivity contribution in [2.24, 2.45) is 5.92 Å². The Morgan fingerprint density at radius 2 is 1.79 bits per heavy atom. The summed E-state index contributed by atoms with van der Waals surface area (Å²) >= 11 is 5.94. The number of carbonyl (C=O) groups excluding carboxylic acids is 1. The minimum absolute atomic E-state index is 0.0908. The number of imidazole rings is 1. The highest BCUT2D eigenvalue weighted by atomic mass is 35.5. The summed E-state index contributed by atoms with van der Waals surface area (Å²) in [5, 5.41) is 0.136. The van der Waals surface area contributed by atoms with E-state index >= 15 is 0 Å². The first-order chi connectivity index (χ1) is 16.5. The van der Waals surface area contributed by atoms with Gasteiger partial charge in [0.2, 0.25) is 5.91 Å². The normalized spacial score (nSPS) is 18.1. The maximum absolute atomic E-state index is 13.5. The number of piperazine rings is 1. The van der Waals surface area contributed by atoms with Crippen LogP contribution in [-0.4, -0.2) is 64.5 Å². The van der Waals surface area contributed by atoms with Gasteiger partial charge in [-0.2, -0.15) is 0 Å². The van der Waals surface area contributed by atoms with Gasteiger partial charge < -0.3 is 14.4 Å². The van der Waals surface area contributed by atoms with Crippen LogP contribution < -0.4 is 4.90 Å². The number of amides is 1. The van der Waals surface area contributed by atoms with Crippen molar-refractivity contribution in [2.75, 3.05) is 44.2 Å². The second kappa shape index (κ2) is 9.92. The van der Waals surface area contributed by atoms with E-state index in [4.69, 9.17) is 16.6 Å². The number of hydrogen-bond acceptors (Lipinski definition) is 4. The molecule has 0 aliphatic carbocycles. The molecule has 1 amide bonds. The van der Waals surface area contributed by atoms with Crippen LogP contribution in [0.4, 0.5) is 10.1 Å². The number of likely N-dealkylation sites (tertiary alicyclic amines) is 1. The van der Waals surface area contributed by atoms with Crippen LogP contribution in [0.3, 0.4) is 0 Å². The van der Waals surface area contributed by atoms with Crippen LogP contribution in [0, 0.1) is 11.7 Å². The van der Waals surface area contributed by atoms with Gasteiger partial charge in [0.25, 0.3) is 0 Å². The largest absolute Gasteiger partial charge is 0.368 e. The summed E-state index contributed by atoms with van der Waals surface area (Å²) in [5.41, 5.74) is 3.14. The Hall–Kier alpha value is -2.64. The molecule has 2 aliphatic rings. The minimum Gasteiger partial charge on any atom is -0.368 e. The number of benzene rings is 2. The van der Waals surface area contributed by atoms with Crippen molar-refractivity contribution in [1.82, 2.24) is 19.4 Å². The van der Waals surface area contributed by atoms with Gasteiger partial charge in [-0.25, -0.2) is 9.37 Å². The first-order valence-corrected chi connectivity index (χ1v) is 12.6. The van der Waals surface area contributed by atoms with Crippen molar-refractivity contribution >= 4 is 34.2 Å². The highest BCUT2D eigenvalue weighted by molar-refractivity contribution is 6.31. The van der Waals surface area contributed by atoms with Crippen LogP contribution >= 0.6 is 11.6 Å². The number of piperidine rings is 1. The molecule has 8 heteroatoms. The van der Waals surface area contributed by atoms with Gasteiger partial charge in [-0.1, -0.05) is 23.7 Å². The number of anilines is 1. The number of rotatable bonds is 5. The van der Waals surface area contributed by atoms with Gasteiger partial charge in [0, 0.05) is 44.3 Å². The van der Waals surface area contributed by atoms with Crippen LogP contribution in [0.15, 0.2) is 42.5 Å². The molecule has 6 nitrogen and oxygen atoms in total. The zero-order valence-electron chi connectivity index (χ0n) is 19.6. The number of nitrogens with zero attached hydrogens (tertiary/aromatic N) is 5. The molecule has 0 N–H and O–H groups in total. The van der Waals surface area contributed by atoms with Crippen molar-refractivity contribution < 1.29 is 9.18 Å². The van der Waals surface area contributed by atoms with E-state index in [-0.39, 0.29) is 16.8 Å². The molecule has 0 bridgehead atoms. The van der Waals surface area contributed by atoms with Gasteiger partial charge in [0.05, 0.1) is 22.6 Å². The number of hydrogen-bond donors (Lipinski definition) is 0. The van der Waals surface area contributed by atoms with Crippen LogP contribution in [-0.2, 0) is 17.9 Å². The Kier molecular flexibility index (Phi) is 6.75. The number of aryl methyl sites for hydroxylation is 1. The number of para-hydroxylation sites is 2. The summed E-state index contributed by atoms with van der Waals surface area (Å²) in [6.07, 6.45) is 1.78. The van der Waals surface area contributed by atoms with E-state index in [1.165, 1.54) is 11.6 Å². The van der Waals surface area contributed by atoms with Gasteiger partial charge in [0.15, 0.2) is 0 Å². The van der Waals surface area contributed by atoms with Crippen LogP contribution in [0.1, 0.15) is 25.6 Å². The second-order valence-corrected chi connectivity index (χ2v) is 9.63. The summed E-state index contributed by atoms with van der Waals surface area (Å²) in [7, 11) is 0. The first-order valence-electron chi connectivity index (χ1n) is 12.2. The minimum atomic E-state index is -0.405. The molecule has 3 heterocycles. The Morgan fingerprint density at radius 3 is 2.50 bits per heavy atom. The van der Waals surface area contributed by atoms with Gasteiger partial charge >= 0.3 is 0 Å². The van der Waals surface area contributed by atoms with Crippen LogP contribution in [0.25, 0.3) is 11.0 Å². The van der Waals surface area contributed by atoms with Crippen LogP contribution in [0.5, 0.6) is 0 Å². The summed E-state index contributed by atoms with van der Waals surface area (Å²) in [6, 6.07) is 13.1. The topological polar surface area (TPSA) is 44.6 Å². The molecule has 2 aromatic carbocycles. The molecular formula is C26H31ClFN5O. The fourth-order valence-electron chi connectivity index (χ4n) is 5.26. The maximum Gasteiger partial charge on any atom is 0.225 e. The molecule has 2 aliphatic heterocycles. The average molecular weight is 484 g/mol. The lowest BCUT2D eigenvalue weighted by Crippen LogP contribution is -2.51. The molecule has 0 spiro atoms. The lowest BCUT2D eigenvalue weighted by Gasteiger charge is -2.39. The van der Waals surface area contributed by atoms with Crippen molar-refractivity contribution in [1.29, 1.82) is 0 Å². The number of carbonyl (C=O) groups is 1. The molecule has 2 fully saturated rings. The predicted molar refractivity (Wildman–Crippen MR) is 134 cm³/mol. The molecule has 1 aromatic heterocycles. The van der Waals surface area contributed by atoms with E-state index in [9.17, 15) is 9.18 Å². The van der Waals surface area contributed by atoms with Gasteiger partial charge in [-0.3, -0.25) is 9.69 Å². The molecular weight excluding hydrogens is 453 g/mol. The Morgan fingerprint density at radius 1 is 1.06 bits per heavy atom. The third-order valence-electron chi connectivity index (χ3n) is 7.21. The molecule has 2 saturated heterocycles. The highest BCUT2D eigenvalue weighted by Gasteiger charge is 2.31. The standard InChI is InChI=1S/C26H31ClFN5O/c1-2-33-24-6-4-3-5-23(24)29-25(33)18-30-11-9-19(10-12-30)26(34)32-15-13-31(14-16-32)20-7-8-22(28)21(27)17-20/h3-8,17,19H,2,9-16,18H2,1H3. The molecule has 5 rings (SSSR count). The Labute approximate surface area is 204 Å². The van der Waals surface area contributed by atoms with E-state index in [1.807, 2.05) is 11.0 Å². The lowest BCUT2D eigenvalue weighted by molar-refractivity contribution is -0.137. The van der Waals surface area contributed by atoms with E-state index in [0.29, 0.717) is 13.1 Å². The van der Waals surface area contributed by atoms with Crippen molar-refractivity contribution in [3.63, 3.8) is 0 Å². The molecule has 34 heavy (non-hydrogen) atoms. The molecule has 3 aromatic rings. The zero-order chi connectivity index (χ0) is 23.7. The summed E-state index contributed by atoms with van der Waals surface area (Å²) in [6.45, 7) is 8.56. The second-order valence-electron chi connectivity index (χ2n) is 9.22. The van der Waals surface area contributed by atoms with Crippen molar-refractivity contribution in [3.8, 4) is 0 Å². The zero-order valence-corrected chi connectivity index (χ0v) is 20.3. The van der Waals surface area contributed by atoms with Crippen LogP contribution in [0.2, 0.25) is 5.02 Å². The summed E-state index contributed by atoms with van der Waals surface area (Å²) in [5.74, 6) is 1.06. The van der Waals surface area contributed by atoms with E-state index in [1.54, 1.807) is 12.1 Å². The maximum atomic E-state index is 13.5. The molecule has 0 unspecified atom stereocenters. The Bertz CT molecular complexity index is 1170. The van der Waals surface area contributed by atoms with E-state index in [0.717, 1.165) is 69.1 Å². The predicted octanol–water partition coefficient (Wildman–Crippen LogP) is 4.41. The number of aromatic nitrogens is 2. The average Bonchev–Trinajstić information content (AvgIpc) is 3.22. The van der Waals surface area contributed by atoms with E-state index in [2.05, 4.69) is 39.5 Å². The fourth-order valence-corrected chi connectivity index (χ4v) is 5.44. The Balaban J connectivity index is 1.13. The molecule has 0 atom stereocenters. The molecule has 0 saturated carbocycles. The SMILES string of the molecule is CCn1c(CN2CCC(C(=O)N3CCN(c4ccc(F)c(Cl)c4)CC3)CC2)nc2ccccc21. The monoisotopic (exact) mass is 483 g/mol. The fraction of sp³-hybridized carbons (Fsp3) is 0.462. The van der Waals surface area contributed by atoms with Crippen molar-refractivity contribution in [2.45, 2.75) is 32.9 Å². The molecule has 180 valence electrons. The molecule has 0 radical (unpaired) electrons. The lowest BCUT2D eigenvalue weighted by atomic mass is 9.95. The number of halogens is 2. The van der Waals surface area contributed by atoms with E-state index < -0.39 is 5.82 Å². The smallest absolute Gasteiger partial charge is 0.225 e. The van der Waals surface area contributed by atoms with Gasteiger partial charge in [0.1, 0.15) is 11.6 Å². The highest BCUT2D eigenvalue weighted by Crippen LogP contribution is 2.26. The summed E-state index contributed by atoms with van der Waals surface area (Å²) < 4.78 is 15.8. The van der Waals surface area contributed by atoms with Gasteiger partial charge in [-0.15, -0.1) is 0 Å². The third kappa shape index (κ3) is 4.64. The number of fused-ring (bicyclic) bond motifs is 1. The third-order valence-corrected chi connectivity index (χ3v) is 7.50. The first kappa shape index (κ1) is 23.1. The summed E-state index contributed by atoms with van der Waals surface area (Å²) in [4.78, 5) is 24.6. The van der Waals surface area contributed by atoms with Crippen molar-refractivity contribution in [3.05, 3.63) is 59.1 Å².